The van der Waals surface area contributed by atoms with Crippen molar-refractivity contribution in [3.8, 4) is 0 Å². The van der Waals surface area contributed by atoms with Crippen molar-refractivity contribution in [3.05, 3.63) is 29.6 Å². The molecule has 0 radical (unpaired) electrons. The second-order valence-corrected chi connectivity index (χ2v) is 7.47. The highest BCUT2D eigenvalue weighted by Crippen LogP contribution is 2.29. The van der Waals surface area contributed by atoms with Gasteiger partial charge in [-0.05, 0) is 43.5 Å². The molecule has 7 heteroatoms. The maximum atomic E-state index is 13.1. The van der Waals surface area contributed by atoms with Gasteiger partial charge >= 0.3 is 0 Å². The van der Waals surface area contributed by atoms with E-state index in [1.807, 2.05) is 0 Å². The Balaban J connectivity index is 1.83. The van der Waals surface area contributed by atoms with Crippen molar-refractivity contribution in [2.75, 3.05) is 19.6 Å². The first-order valence-corrected chi connectivity index (χ1v) is 8.39. The molecule has 2 fully saturated rings. The molecule has 1 heterocycles. The molecule has 1 aliphatic carbocycles. The third-order valence-corrected chi connectivity index (χ3v) is 5.97. The fourth-order valence-electron chi connectivity index (χ4n) is 2.68. The molecule has 21 heavy (non-hydrogen) atoms. The monoisotopic (exact) mass is 312 g/mol. The summed E-state index contributed by atoms with van der Waals surface area (Å²) in [4.78, 5) is 13.9. The van der Waals surface area contributed by atoms with E-state index in [1.54, 1.807) is 11.8 Å². The Hall–Kier alpha value is -1.47. The van der Waals surface area contributed by atoms with Gasteiger partial charge in [0.05, 0.1) is 11.4 Å². The maximum absolute atomic E-state index is 13.1. The Morgan fingerprint density at radius 1 is 1.24 bits per heavy atom. The summed E-state index contributed by atoms with van der Waals surface area (Å²) in [6.07, 6.45) is 2.02. The van der Waals surface area contributed by atoms with Crippen molar-refractivity contribution >= 4 is 15.9 Å². The Kier molecular flexibility index (Phi) is 3.49. The summed E-state index contributed by atoms with van der Waals surface area (Å²) in [6.45, 7) is 2.15. The van der Waals surface area contributed by atoms with Crippen molar-refractivity contribution in [1.82, 2.24) is 9.21 Å². The second-order valence-electron chi connectivity index (χ2n) is 5.57. The minimum absolute atomic E-state index is 0.0663. The van der Waals surface area contributed by atoms with Crippen LogP contribution in [-0.4, -0.2) is 49.2 Å². The highest BCUT2D eigenvalue weighted by molar-refractivity contribution is 7.89. The van der Waals surface area contributed by atoms with E-state index in [2.05, 4.69) is 0 Å². The lowest BCUT2D eigenvalue weighted by molar-refractivity contribution is -0.134. The topological polar surface area (TPSA) is 57.7 Å². The van der Waals surface area contributed by atoms with Gasteiger partial charge in [0.1, 0.15) is 5.82 Å². The Morgan fingerprint density at radius 3 is 2.52 bits per heavy atom. The summed E-state index contributed by atoms with van der Waals surface area (Å²) >= 11 is 0. The predicted molar refractivity (Wildman–Crippen MR) is 74.6 cm³/mol. The van der Waals surface area contributed by atoms with E-state index in [0.717, 1.165) is 18.9 Å². The summed E-state index contributed by atoms with van der Waals surface area (Å²) in [5.41, 5.74) is 0.354. The van der Waals surface area contributed by atoms with Crippen LogP contribution in [0.5, 0.6) is 0 Å². The zero-order valence-corrected chi connectivity index (χ0v) is 12.6. The second kappa shape index (κ2) is 5.06. The molecule has 1 amide bonds. The van der Waals surface area contributed by atoms with Crippen LogP contribution in [0.3, 0.4) is 0 Å². The minimum Gasteiger partial charge on any atom is -0.337 e. The van der Waals surface area contributed by atoms with E-state index < -0.39 is 15.8 Å². The molecule has 2 aliphatic rings. The first-order chi connectivity index (χ1) is 9.89. The molecule has 0 spiro atoms. The smallest absolute Gasteiger partial charge is 0.243 e. The molecule has 1 aliphatic heterocycles. The van der Waals surface area contributed by atoms with Gasteiger partial charge in [0.15, 0.2) is 0 Å². The molecule has 0 atom stereocenters. The number of amides is 1. The first-order valence-electron chi connectivity index (χ1n) is 6.95. The van der Waals surface area contributed by atoms with Gasteiger partial charge in [-0.25, -0.2) is 12.8 Å². The molecule has 0 N–H and O–H groups in total. The Labute approximate surface area is 123 Å². The number of hydrogen-bond donors (Lipinski definition) is 0. The lowest BCUT2D eigenvalue weighted by Crippen LogP contribution is -2.52. The lowest BCUT2D eigenvalue weighted by Gasteiger charge is -2.34. The Bertz CT molecular complexity index is 685. The summed E-state index contributed by atoms with van der Waals surface area (Å²) in [5.74, 6) is -0.617. The highest BCUT2D eigenvalue weighted by atomic mass is 32.2. The van der Waals surface area contributed by atoms with Crippen LogP contribution < -0.4 is 0 Å². The zero-order valence-electron chi connectivity index (χ0n) is 11.8. The summed E-state index contributed by atoms with van der Waals surface area (Å²) in [6, 6.07) is 3.88. The molecule has 5 nitrogen and oxygen atoms in total. The number of carbonyl (C=O) groups excluding carboxylic acids is 1. The molecule has 0 unspecified atom stereocenters. The normalized spacial score (nSPS) is 20.9. The Morgan fingerprint density at radius 2 is 1.95 bits per heavy atom. The number of halogens is 1. The quantitative estimate of drug-likeness (QED) is 0.841. The van der Waals surface area contributed by atoms with E-state index in [0.29, 0.717) is 24.7 Å². The molecule has 0 aromatic heterocycles. The average Bonchev–Trinajstić information content (AvgIpc) is 3.22. The van der Waals surface area contributed by atoms with Crippen LogP contribution in [0, 0.1) is 12.7 Å². The third-order valence-electron chi connectivity index (χ3n) is 3.96. The molecule has 1 saturated carbocycles. The average molecular weight is 312 g/mol. The van der Waals surface area contributed by atoms with E-state index in [4.69, 9.17) is 0 Å². The van der Waals surface area contributed by atoms with Crippen molar-refractivity contribution in [1.29, 1.82) is 0 Å². The van der Waals surface area contributed by atoms with E-state index in [1.165, 1.54) is 16.4 Å². The van der Waals surface area contributed by atoms with Crippen LogP contribution in [-0.2, 0) is 14.8 Å². The largest absolute Gasteiger partial charge is 0.337 e. The molecular formula is C14H17FN2O3S. The number of piperazine rings is 1. The van der Waals surface area contributed by atoms with Crippen LogP contribution in [0.1, 0.15) is 18.4 Å². The molecule has 1 saturated heterocycles. The number of rotatable bonds is 3. The van der Waals surface area contributed by atoms with E-state index in [-0.39, 0.29) is 17.3 Å². The predicted octanol–water partition coefficient (Wildman–Crippen LogP) is 1.13. The van der Waals surface area contributed by atoms with Gasteiger partial charge in [-0.3, -0.25) is 4.79 Å². The number of nitrogens with zero attached hydrogens (tertiary/aromatic N) is 2. The zero-order chi connectivity index (χ0) is 15.2. The van der Waals surface area contributed by atoms with Crippen LogP contribution in [0.4, 0.5) is 4.39 Å². The van der Waals surface area contributed by atoms with Gasteiger partial charge in [0, 0.05) is 19.1 Å². The molecule has 1 aromatic rings. The van der Waals surface area contributed by atoms with Crippen LogP contribution in [0.25, 0.3) is 0 Å². The minimum atomic E-state index is -3.75. The molecule has 1 aromatic carbocycles. The molecule has 3 rings (SSSR count). The van der Waals surface area contributed by atoms with Gasteiger partial charge in [-0.15, -0.1) is 0 Å². The number of carbonyl (C=O) groups is 1. The number of benzene rings is 1. The number of hydrogen-bond acceptors (Lipinski definition) is 3. The lowest BCUT2D eigenvalue weighted by atomic mass is 10.2. The van der Waals surface area contributed by atoms with Gasteiger partial charge in [0.25, 0.3) is 0 Å². The van der Waals surface area contributed by atoms with Crippen molar-refractivity contribution in [2.24, 2.45) is 0 Å². The summed E-state index contributed by atoms with van der Waals surface area (Å²) < 4.78 is 39.5. The first kappa shape index (κ1) is 14.5. The summed E-state index contributed by atoms with van der Waals surface area (Å²) in [7, 11) is -3.75. The molecular weight excluding hydrogens is 295 g/mol. The van der Waals surface area contributed by atoms with Crippen molar-refractivity contribution in [3.63, 3.8) is 0 Å². The van der Waals surface area contributed by atoms with E-state index in [9.17, 15) is 17.6 Å². The fraction of sp³-hybridized carbons (Fsp3) is 0.500. The maximum Gasteiger partial charge on any atom is 0.243 e. The molecule has 114 valence electrons. The molecule has 0 bridgehead atoms. The number of aryl methyl sites for hydroxylation is 1. The van der Waals surface area contributed by atoms with Crippen LogP contribution >= 0.6 is 0 Å². The number of sulfonamides is 1. The van der Waals surface area contributed by atoms with Crippen LogP contribution in [0.15, 0.2) is 23.1 Å². The summed E-state index contributed by atoms with van der Waals surface area (Å²) in [5, 5.41) is 0. The SMILES string of the molecule is Cc1cc(F)ccc1S(=O)(=O)N1CCN(C2CC2)C(=O)C1. The van der Waals surface area contributed by atoms with Gasteiger partial charge in [-0.2, -0.15) is 4.31 Å². The van der Waals surface area contributed by atoms with Gasteiger partial charge < -0.3 is 4.90 Å². The van der Waals surface area contributed by atoms with Crippen LogP contribution in [0.2, 0.25) is 0 Å². The van der Waals surface area contributed by atoms with Gasteiger partial charge in [-0.1, -0.05) is 0 Å². The fourth-order valence-corrected chi connectivity index (χ4v) is 4.27. The highest BCUT2D eigenvalue weighted by Gasteiger charge is 2.39. The van der Waals surface area contributed by atoms with Gasteiger partial charge in [0.2, 0.25) is 15.9 Å². The standard InChI is InChI=1S/C14H17FN2O3S/c1-10-8-11(15)2-5-13(10)21(19,20)16-6-7-17(12-3-4-12)14(18)9-16/h2,5,8,12H,3-4,6-7,9H2,1H3. The van der Waals surface area contributed by atoms with Crippen molar-refractivity contribution in [2.45, 2.75) is 30.7 Å². The van der Waals surface area contributed by atoms with E-state index >= 15 is 0 Å². The third kappa shape index (κ3) is 2.67. The van der Waals surface area contributed by atoms with Crippen molar-refractivity contribution < 1.29 is 17.6 Å².